The zero-order chi connectivity index (χ0) is 15.8. The number of hydrogen-bond donors (Lipinski definition) is 1. The number of fused-ring (bicyclic) bond motifs is 2. The van der Waals surface area contributed by atoms with Crippen molar-refractivity contribution in [1.29, 1.82) is 0 Å². The molecule has 114 valence electrons. The lowest BCUT2D eigenvalue weighted by molar-refractivity contribution is 0.838. The minimum atomic E-state index is -0.0390. The van der Waals surface area contributed by atoms with Gasteiger partial charge >= 0.3 is 0 Å². The van der Waals surface area contributed by atoms with Gasteiger partial charge in [0.2, 0.25) is 0 Å². The predicted molar refractivity (Wildman–Crippen MR) is 97.2 cm³/mol. The van der Waals surface area contributed by atoms with Gasteiger partial charge in [0.25, 0.3) is 5.56 Å². The molecule has 0 bridgehead atoms. The molecule has 0 aliphatic carbocycles. The van der Waals surface area contributed by atoms with Crippen molar-refractivity contribution in [2.75, 3.05) is 0 Å². The highest BCUT2D eigenvalue weighted by atomic mass is 32.1. The largest absolute Gasteiger partial charge is 0.310 e. The van der Waals surface area contributed by atoms with Crippen molar-refractivity contribution in [3.8, 4) is 11.1 Å². The normalized spacial score (nSPS) is 11.3. The summed E-state index contributed by atoms with van der Waals surface area (Å²) in [6.45, 7) is 2.08. The van der Waals surface area contributed by atoms with E-state index in [0.717, 1.165) is 34.6 Å². The summed E-state index contributed by atoms with van der Waals surface area (Å²) in [5, 5.41) is 5.11. The van der Waals surface area contributed by atoms with Gasteiger partial charge in [-0.05, 0) is 28.8 Å². The van der Waals surface area contributed by atoms with Crippen molar-refractivity contribution >= 4 is 32.3 Å². The quantitative estimate of drug-likeness (QED) is 0.591. The Kier molecular flexibility index (Phi) is 3.46. The van der Waals surface area contributed by atoms with Crippen molar-refractivity contribution < 1.29 is 0 Å². The van der Waals surface area contributed by atoms with Crippen molar-refractivity contribution in [3.63, 3.8) is 0 Å². The molecule has 0 aliphatic rings. The number of benzene rings is 2. The number of rotatable bonds is 3. The molecule has 0 saturated heterocycles. The lowest BCUT2D eigenvalue weighted by Gasteiger charge is -2.03. The summed E-state index contributed by atoms with van der Waals surface area (Å²) in [4.78, 5) is 20.8. The van der Waals surface area contributed by atoms with E-state index in [1.807, 2.05) is 17.5 Å². The first-order valence-electron chi connectivity index (χ1n) is 7.76. The van der Waals surface area contributed by atoms with Gasteiger partial charge in [0.1, 0.15) is 10.7 Å². The summed E-state index contributed by atoms with van der Waals surface area (Å²) in [7, 11) is 0. The second-order valence-electron chi connectivity index (χ2n) is 5.65. The molecule has 0 saturated carbocycles. The number of H-pyrrole nitrogens is 1. The molecule has 3 nitrogen and oxygen atoms in total. The van der Waals surface area contributed by atoms with E-state index in [2.05, 4.69) is 47.2 Å². The van der Waals surface area contributed by atoms with Crippen LogP contribution in [0.25, 0.3) is 32.1 Å². The Hall–Kier alpha value is -2.46. The Bertz CT molecular complexity index is 1060. The van der Waals surface area contributed by atoms with E-state index in [9.17, 15) is 4.79 Å². The molecule has 1 N–H and O–H groups in total. The average molecular weight is 320 g/mol. The number of aryl methyl sites for hydroxylation is 1. The summed E-state index contributed by atoms with van der Waals surface area (Å²) in [6, 6.07) is 14.6. The van der Waals surface area contributed by atoms with Crippen molar-refractivity contribution in [2.45, 2.75) is 19.8 Å². The van der Waals surface area contributed by atoms with E-state index in [1.54, 1.807) is 0 Å². The van der Waals surface area contributed by atoms with Gasteiger partial charge in [0, 0.05) is 17.4 Å². The first-order valence-corrected chi connectivity index (χ1v) is 8.64. The minimum Gasteiger partial charge on any atom is -0.310 e. The molecule has 4 heteroatoms. The molecule has 0 amide bonds. The molecular formula is C19H16N2OS. The van der Waals surface area contributed by atoms with Crippen LogP contribution in [-0.4, -0.2) is 9.97 Å². The Morgan fingerprint density at radius 2 is 1.96 bits per heavy atom. The summed E-state index contributed by atoms with van der Waals surface area (Å²) >= 11 is 1.54. The minimum absolute atomic E-state index is 0.0390. The van der Waals surface area contributed by atoms with Crippen LogP contribution in [-0.2, 0) is 6.42 Å². The Morgan fingerprint density at radius 3 is 2.78 bits per heavy atom. The molecule has 0 unspecified atom stereocenters. The van der Waals surface area contributed by atoms with Crippen LogP contribution in [0.5, 0.6) is 0 Å². The highest BCUT2D eigenvalue weighted by Crippen LogP contribution is 2.32. The standard InChI is InChI=1S/C19H16N2OS/c1-2-5-16-20-18(22)17-15(11-23-19(17)21-16)14-9-8-12-6-3-4-7-13(12)10-14/h3-4,6-11H,2,5H2,1H3,(H,20,21,22). The fraction of sp³-hybridized carbons (Fsp3) is 0.158. The molecular weight excluding hydrogens is 304 g/mol. The zero-order valence-electron chi connectivity index (χ0n) is 12.8. The Labute approximate surface area is 137 Å². The average Bonchev–Trinajstić information content (AvgIpc) is 2.99. The molecule has 0 fully saturated rings. The topological polar surface area (TPSA) is 45.8 Å². The summed E-state index contributed by atoms with van der Waals surface area (Å²) in [6.07, 6.45) is 1.77. The van der Waals surface area contributed by atoms with Gasteiger partial charge in [-0.3, -0.25) is 4.79 Å². The monoisotopic (exact) mass is 320 g/mol. The Morgan fingerprint density at radius 1 is 1.13 bits per heavy atom. The van der Waals surface area contributed by atoms with E-state index < -0.39 is 0 Å². The lowest BCUT2D eigenvalue weighted by atomic mass is 10.0. The number of nitrogens with one attached hydrogen (secondary N) is 1. The summed E-state index contributed by atoms with van der Waals surface area (Å²) in [5.41, 5.74) is 1.99. The third-order valence-corrected chi connectivity index (χ3v) is 4.91. The second kappa shape index (κ2) is 5.63. The van der Waals surface area contributed by atoms with Crippen LogP contribution in [0.1, 0.15) is 19.2 Å². The van der Waals surface area contributed by atoms with E-state index in [-0.39, 0.29) is 5.56 Å². The van der Waals surface area contributed by atoms with Gasteiger partial charge in [-0.15, -0.1) is 11.3 Å². The van der Waals surface area contributed by atoms with E-state index >= 15 is 0 Å². The fourth-order valence-electron chi connectivity index (χ4n) is 2.92. The van der Waals surface area contributed by atoms with Crippen LogP contribution >= 0.6 is 11.3 Å². The molecule has 0 spiro atoms. The van der Waals surface area contributed by atoms with Crippen molar-refractivity contribution in [2.24, 2.45) is 0 Å². The first kappa shape index (κ1) is 14.2. The Balaban J connectivity index is 1.92. The number of thiophene rings is 1. The van der Waals surface area contributed by atoms with Gasteiger partial charge in [0.05, 0.1) is 5.39 Å². The highest BCUT2D eigenvalue weighted by Gasteiger charge is 2.13. The van der Waals surface area contributed by atoms with Crippen LogP contribution in [0, 0.1) is 0 Å². The summed E-state index contributed by atoms with van der Waals surface area (Å²) in [5.74, 6) is 0.775. The molecule has 0 radical (unpaired) electrons. The van der Waals surface area contributed by atoms with Crippen LogP contribution in [0.4, 0.5) is 0 Å². The van der Waals surface area contributed by atoms with Gasteiger partial charge in [-0.2, -0.15) is 0 Å². The maximum Gasteiger partial charge on any atom is 0.260 e. The first-order chi connectivity index (χ1) is 11.3. The predicted octanol–water partition coefficient (Wildman–Crippen LogP) is 4.76. The number of aromatic nitrogens is 2. The summed E-state index contributed by atoms with van der Waals surface area (Å²) < 4.78 is 0. The molecule has 2 aromatic heterocycles. The number of aromatic amines is 1. The molecule has 23 heavy (non-hydrogen) atoms. The van der Waals surface area contributed by atoms with Crippen LogP contribution in [0.2, 0.25) is 0 Å². The third kappa shape index (κ3) is 2.45. The van der Waals surface area contributed by atoms with Gasteiger partial charge < -0.3 is 4.98 Å². The lowest BCUT2D eigenvalue weighted by Crippen LogP contribution is -2.11. The van der Waals surface area contributed by atoms with E-state index in [4.69, 9.17) is 0 Å². The third-order valence-electron chi connectivity index (χ3n) is 4.04. The van der Waals surface area contributed by atoms with Gasteiger partial charge in [0.15, 0.2) is 0 Å². The molecule has 2 aromatic carbocycles. The van der Waals surface area contributed by atoms with E-state index in [1.165, 1.54) is 22.1 Å². The highest BCUT2D eigenvalue weighted by molar-refractivity contribution is 7.17. The van der Waals surface area contributed by atoms with Crippen LogP contribution in [0.3, 0.4) is 0 Å². The molecule has 4 rings (SSSR count). The zero-order valence-corrected chi connectivity index (χ0v) is 13.6. The SMILES string of the molecule is CCCc1nc2scc(-c3ccc4ccccc4c3)c2c(=O)[nH]1. The van der Waals surface area contributed by atoms with Gasteiger partial charge in [-0.25, -0.2) is 4.98 Å². The molecule has 0 aliphatic heterocycles. The fourth-order valence-corrected chi connectivity index (χ4v) is 3.88. The second-order valence-corrected chi connectivity index (χ2v) is 6.51. The van der Waals surface area contributed by atoms with E-state index in [0.29, 0.717) is 5.39 Å². The maximum atomic E-state index is 12.5. The van der Waals surface area contributed by atoms with Crippen LogP contribution < -0.4 is 5.56 Å². The number of hydrogen-bond acceptors (Lipinski definition) is 3. The number of nitrogens with zero attached hydrogens (tertiary/aromatic N) is 1. The van der Waals surface area contributed by atoms with Crippen molar-refractivity contribution in [1.82, 2.24) is 9.97 Å². The molecule has 2 heterocycles. The smallest absolute Gasteiger partial charge is 0.260 e. The van der Waals surface area contributed by atoms with Gasteiger partial charge in [-0.1, -0.05) is 43.3 Å². The van der Waals surface area contributed by atoms with Crippen molar-refractivity contribution in [3.05, 3.63) is 64.0 Å². The molecule has 0 atom stereocenters. The molecule has 4 aromatic rings. The van der Waals surface area contributed by atoms with Crippen LogP contribution in [0.15, 0.2) is 52.6 Å². The maximum absolute atomic E-state index is 12.5.